The molecule has 2 aliphatic rings. The van der Waals surface area contributed by atoms with Gasteiger partial charge < -0.3 is 5.32 Å². The van der Waals surface area contributed by atoms with Crippen LogP contribution in [-0.4, -0.2) is 11.0 Å². The lowest BCUT2D eigenvalue weighted by atomic mass is 9.69. The van der Waals surface area contributed by atoms with E-state index in [1.54, 1.807) is 0 Å². The highest BCUT2D eigenvalue weighted by Gasteiger charge is 2.60. The van der Waals surface area contributed by atoms with Crippen molar-refractivity contribution in [3.63, 3.8) is 0 Å². The molecular formula is C16H24N2. The second-order valence-electron chi connectivity index (χ2n) is 6.87. The monoisotopic (exact) mass is 244 g/mol. The molecule has 3 rings (SSSR count). The van der Waals surface area contributed by atoms with Crippen molar-refractivity contribution in [3.8, 4) is 0 Å². The quantitative estimate of drug-likeness (QED) is 0.881. The Bertz CT molecular complexity index is 426. The molecule has 2 aliphatic carbocycles. The summed E-state index contributed by atoms with van der Waals surface area (Å²) in [6.07, 6.45) is 6.02. The molecule has 2 fully saturated rings. The van der Waals surface area contributed by atoms with Crippen molar-refractivity contribution in [1.82, 2.24) is 10.3 Å². The first-order valence-corrected chi connectivity index (χ1v) is 7.17. The smallest absolute Gasteiger partial charge is 0.0541 e. The van der Waals surface area contributed by atoms with Crippen molar-refractivity contribution in [2.45, 2.75) is 52.6 Å². The van der Waals surface area contributed by atoms with Crippen molar-refractivity contribution >= 4 is 0 Å². The van der Waals surface area contributed by atoms with Crippen LogP contribution < -0.4 is 5.32 Å². The maximum absolute atomic E-state index is 4.40. The van der Waals surface area contributed by atoms with Gasteiger partial charge in [0.05, 0.1) is 5.69 Å². The number of nitrogens with one attached hydrogen (secondary N) is 1. The van der Waals surface area contributed by atoms with Crippen molar-refractivity contribution in [2.75, 3.05) is 0 Å². The van der Waals surface area contributed by atoms with Gasteiger partial charge in [-0.2, -0.15) is 0 Å². The minimum Gasteiger partial charge on any atom is -0.308 e. The number of fused-ring (bicyclic) bond motifs is 2. The molecule has 2 bridgehead atoms. The van der Waals surface area contributed by atoms with Gasteiger partial charge in [-0.15, -0.1) is 0 Å². The molecule has 0 aromatic carbocycles. The van der Waals surface area contributed by atoms with Crippen molar-refractivity contribution in [3.05, 3.63) is 30.1 Å². The van der Waals surface area contributed by atoms with Crippen LogP contribution >= 0.6 is 0 Å². The third kappa shape index (κ3) is 1.62. The molecule has 1 aromatic heterocycles. The molecule has 2 saturated carbocycles. The first kappa shape index (κ1) is 12.2. The molecule has 3 atom stereocenters. The molecule has 0 radical (unpaired) electrons. The molecule has 0 saturated heterocycles. The van der Waals surface area contributed by atoms with E-state index in [9.17, 15) is 0 Å². The fourth-order valence-electron chi connectivity index (χ4n) is 4.24. The van der Waals surface area contributed by atoms with Gasteiger partial charge in [-0.25, -0.2) is 0 Å². The predicted molar refractivity (Wildman–Crippen MR) is 74.1 cm³/mol. The second-order valence-corrected chi connectivity index (χ2v) is 6.87. The lowest BCUT2D eigenvalue weighted by Gasteiger charge is -2.39. The average Bonchev–Trinajstić information content (AvgIpc) is 2.70. The summed E-state index contributed by atoms with van der Waals surface area (Å²) in [4.78, 5) is 4.40. The normalized spacial score (nSPS) is 37.1. The van der Waals surface area contributed by atoms with Crippen LogP contribution in [0.4, 0.5) is 0 Å². The number of nitrogens with zero attached hydrogens (tertiary/aromatic N) is 1. The van der Waals surface area contributed by atoms with E-state index in [1.165, 1.54) is 19.3 Å². The maximum atomic E-state index is 4.40. The molecule has 0 aliphatic heterocycles. The molecule has 18 heavy (non-hydrogen) atoms. The zero-order chi connectivity index (χ0) is 12.8. The Hall–Kier alpha value is -0.890. The Morgan fingerprint density at radius 3 is 2.72 bits per heavy atom. The zero-order valence-corrected chi connectivity index (χ0v) is 11.7. The summed E-state index contributed by atoms with van der Waals surface area (Å²) >= 11 is 0. The van der Waals surface area contributed by atoms with E-state index in [4.69, 9.17) is 0 Å². The van der Waals surface area contributed by atoms with Crippen LogP contribution in [-0.2, 0) is 6.54 Å². The van der Waals surface area contributed by atoms with Gasteiger partial charge in [0.25, 0.3) is 0 Å². The fourth-order valence-corrected chi connectivity index (χ4v) is 4.24. The highest BCUT2D eigenvalue weighted by Crippen LogP contribution is 2.65. The lowest BCUT2D eigenvalue weighted by molar-refractivity contribution is 0.120. The van der Waals surface area contributed by atoms with Gasteiger partial charge in [-0.3, -0.25) is 4.98 Å². The van der Waals surface area contributed by atoms with Gasteiger partial charge in [0, 0.05) is 18.8 Å². The average molecular weight is 244 g/mol. The third-order valence-corrected chi connectivity index (χ3v) is 6.05. The van der Waals surface area contributed by atoms with Crippen molar-refractivity contribution in [1.29, 1.82) is 0 Å². The Morgan fingerprint density at radius 2 is 2.17 bits per heavy atom. The number of rotatable bonds is 3. The molecule has 2 nitrogen and oxygen atoms in total. The van der Waals surface area contributed by atoms with Crippen LogP contribution in [0, 0.1) is 16.7 Å². The summed E-state index contributed by atoms with van der Waals surface area (Å²) in [5, 5.41) is 3.76. The third-order valence-electron chi connectivity index (χ3n) is 6.05. The van der Waals surface area contributed by atoms with Gasteiger partial charge in [0.1, 0.15) is 0 Å². The van der Waals surface area contributed by atoms with Crippen LogP contribution in [0.1, 0.15) is 45.7 Å². The first-order chi connectivity index (χ1) is 8.54. The maximum Gasteiger partial charge on any atom is 0.0541 e. The van der Waals surface area contributed by atoms with Crippen molar-refractivity contribution < 1.29 is 0 Å². The van der Waals surface area contributed by atoms with Crippen LogP contribution in [0.25, 0.3) is 0 Å². The topological polar surface area (TPSA) is 24.9 Å². The standard InChI is InChI=1S/C16H24N2/c1-15(2)12-7-8-16(15,3)14(10-12)18-11-13-6-4-5-9-17-13/h4-6,9,12,14,18H,7-8,10-11H2,1-3H3/t12-,14+,16-/m1/s1. The molecule has 1 N–H and O–H groups in total. The number of hydrogen-bond acceptors (Lipinski definition) is 2. The molecule has 98 valence electrons. The SMILES string of the molecule is CC1(C)[C@@H]2CC[C@]1(C)[C@@H](NCc1ccccn1)C2. The molecule has 2 heteroatoms. The Labute approximate surface area is 110 Å². The minimum atomic E-state index is 0.465. The highest BCUT2D eigenvalue weighted by molar-refractivity contribution is 5.13. The molecule has 0 unspecified atom stereocenters. The van der Waals surface area contributed by atoms with E-state index >= 15 is 0 Å². The summed E-state index contributed by atoms with van der Waals surface area (Å²) in [5.41, 5.74) is 2.11. The van der Waals surface area contributed by atoms with E-state index in [0.717, 1.165) is 18.2 Å². The molecule has 1 heterocycles. The number of aromatic nitrogens is 1. The molecular weight excluding hydrogens is 220 g/mol. The zero-order valence-electron chi connectivity index (χ0n) is 11.7. The largest absolute Gasteiger partial charge is 0.308 e. The van der Waals surface area contributed by atoms with E-state index in [2.05, 4.69) is 43.2 Å². The van der Waals surface area contributed by atoms with E-state index in [0.29, 0.717) is 16.9 Å². The molecule has 0 amide bonds. The first-order valence-electron chi connectivity index (χ1n) is 7.17. The molecule has 1 aromatic rings. The summed E-state index contributed by atoms with van der Waals surface area (Å²) in [7, 11) is 0. The van der Waals surface area contributed by atoms with Gasteiger partial charge >= 0.3 is 0 Å². The molecule has 0 spiro atoms. The van der Waals surface area contributed by atoms with Crippen LogP contribution in [0.3, 0.4) is 0 Å². The van der Waals surface area contributed by atoms with Gasteiger partial charge in [-0.1, -0.05) is 26.8 Å². The summed E-state index contributed by atoms with van der Waals surface area (Å²) < 4.78 is 0. The Morgan fingerprint density at radius 1 is 1.33 bits per heavy atom. The number of pyridine rings is 1. The van der Waals surface area contributed by atoms with Crippen LogP contribution in [0.15, 0.2) is 24.4 Å². The van der Waals surface area contributed by atoms with Gasteiger partial charge in [-0.05, 0) is 48.1 Å². The highest BCUT2D eigenvalue weighted by atomic mass is 15.0. The van der Waals surface area contributed by atoms with Crippen molar-refractivity contribution in [2.24, 2.45) is 16.7 Å². The fraction of sp³-hybridized carbons (Fsp3) is 0.688. The number of hydrogen-bond donors (Lipinski definition) is 1. The predicted octanol–water partition coefficient (Wildman–Crippen LogP) is 3.39. The van der Waals surface area contributed by atoms with E-state index in [1.807, 2.05) is 12.3 Å². The van der Waals surface area contributed by atoms with E-state index < -0.39 is 0 Å². The Balaban J connectivity index is 1.69. The Kier molecular flexibility index (Phi) is 2.74. The second kappa shape index (κ2) is 4.06. The van der Waals surface area contributed by atoms with Crippen LogP contribution in [0.2, 0.25) is 0 Å². The summed E-state index contributed by atoms with van der Waals surface area (Å²) in [5.74, 6) is 0.906. The lowest BCUT2D eigenvalue weighted by Crippen LogP contribution is -2.44. The van der Waals surface area contributed by atoms with E-state index in [-0.39, 0.29) is 0 Å². The van der Waals surface area contributed by atoms with Gasteiger partial charge in [0.2, 0.25) is 0 Å². The van der Waals surface area contributed by atoms with Gasteiger partial charge in [0.15, 0.2) is 0 Å². The minimum absolute atomic E-state index is 0.465. The summed E-state index contributed by atoms with van der Waals surface area (Å²) in [6, 6.07) is 6.81. The van der Waals surface area contributed by atoms with Crippen LogP contribution in [0.5, 0.6) is 0 Å². The summed E-state index contributed by atoms with van der Waals surface area (Å²) in [6.45, 7) is 8.32.